The molecule has 2 rings (SSSR count). The Morgan fingerprint density at radius 3 is 1.27 bits per heavy atom. The molecular weight excluding hydrogens is 452 g/mol. The molecule has 16 nitrogen and oxygen atoms in total. The van der Waals surface area contributed by atoms with Crippen molar-refractivity contribution in [1.82, 2.24) is 10.6 Å². The number of azo groups is 1. The second-order valence-electron chi connectivity index (χ2n) is 5.74. The highest BCUT2D eigenvalue weighted by Gasteiger charge is 2.12. The van der Waals surface area contributed by atoms with Crippen molar-refractivity contribution in [3.8, 4) is 0 Å². The van der Waals surface area contributed by atoms with Gasteiger partial charge >= 0.3 is 20.8 Å². The van der Waals surface area contributed by atoms with E-state index in [9.17, 15) is 0 Å². The van der Waals surface area contributed by atoms with E-state index in [0.717, 1.165) is 50.7 Å². The summed E-state index contributed by atoms with van der Waals surface area (Å²) < 4.78 is 63.2. The van der Waals surface area contributed by atoms with E-state index in [2.05, 4.69) is 44.7 Å². The second-order valence-corrected chi connectivity index (χ2v) is 7.53. The predicted octanol–water partition coefficient (Wildman–Crippen LogP) is -1.96. The molecule has 0 aromatic rings. The van der Waals surface area contributed by atoms with Crippen molar-refractivity contribution in [2.45, 2.75) is 38.8 Å². The number of amidine groups is 2. The lowest BCUT2D eigenvalue weighted by atomic mass is 10.2. The number of rotatable bonds is 6. The van der Waals surface area contributed by atoms with Crippen LogP contribution in [-0.4, -0.2) is 95.9 Å². The summed E-state index contributed by atoms with van der Waals surface area (Å²) in [5.74, 6) is 2.13. The summed E-state index contributed by atoms with van der Waals surface area (Å²) in [4.78, 5) is 8.72. The molecule has 180 valence electrons. The molecule has 2 atom stereocenters. The van der Waals surface area contributed by atoms with Gasteiger partial charge in [-0.2, -0.15) is 27.1 Å². The first-order valence-corrected chi connectivity index (χ1v) is 10.9. The van der Waals surface area contributed by atoms with E-state index in [-0.39, 0.29) is 23.0 Å². The number of aliphatic imine (C=N–C) groups is 2. The Morgan fingerprint density at radius 1 is 0.800 bits per heavy atom. The Labute approximate surface area is 174 Å². The van der Waals surface area contributed by atoms with Crippen LogP contribution in [0.1, 0.15) is 26.7 Å². The van der Waals surface area contributed by atoms with E-state index in [0.29, 0.717) is 0 Å². The third kappa shape index (κ3) is 26.2. The minimum Gasteiger partial charge on any atom is -0.412 e. The van der Waals surface area contributed by atoms with Crippen molar-refractivity contribution >= 4 is 32.5 Å². The van der Waals surface area contributed by atoms with Gasteiger partial charge in [-0.1, -0.05) is 0 Å². The smallest absolute Gasteiger partial charge is 0.394 e. The number of hydrogen-bond acceptors (Lipinski definition) is 10. The molecule has 0 aromatic heterocycles. The molecule has 2 aliphatic heterocycles. The summed E-state index contributed by atoms with van der Waals surface area (Å²) in [6, 6.07) is 0.380. The van der Waals surface area contributed by atoms with Gasteiger partial charge in [-0.15, -0.1) is 0 Å². The predicted molar refractivity (Wildman–Crippen MR) is 109 cm³/mol. The fourth-order valence-electron chi connectivity index (χ4n) is 2.04. The molecule has 0 bridgehead atoms. The molecular formula is C12H30N6O10S2. The van der Waals surface area contributed by atoms with Crippen LogP contribution in [0.4, 0.5) is 0 Å². The highest BCUT2D eigenvalue weighted by atomic mass is 32.3. The largest absolute Gasteiger partial charge is 0.412 e. The van der Waals surface area contributed by atoms with Crippen molar-refractivity contribution in [2.75, 3.05) is 26.2 Å². The standard InChI is InChI=1S/C12H22N6.2H2O4S.2H2O/c1-9(7-11-13-3-4-14-11)17-18-10(2)8-12-15-5-6-16-12;2*1-5(2,3)4;;/h9-10H,3-8H2,1-2H3,(H,13,14)(H,15,16);2*(H2,1,2,3,4);2*1H2. The zero-order valence-corrected chi connectivity index (χ0v) is 18.1. The minimum atomic E-state index is -4.67. The molecule has 10 N–H and O–H groups in total. The molecule has 0 saturated carbocycles. The van der Waals surface area contributed by atoms with Crippen molar-refractivity contribution in [3.63, 3.8) is 0 Å². The lowest BCUT2D eigenvalue weighted by molar-refractivity contribution is 0.378. The summed E-state index contributed by atoms with van der Waals surface area (Å²) in [6.07, 6.45) is 1.71. The van der Waals surface area contributed by atoms with Crippen molar-refractivity contribution in [2.24, 2.45) is 20.2 Å². The van der Waals surface area contributed by atoms with Gasteiger partial charge in [0.1, 0.15) is 0 Å². The highest BCUT2D eigenvalue weighted by Crippen LogP contribution is 2.06. The highest BCUT2D eigenvalue weighted by molar-refractivity contribution is 7.80. The van der Waals surface area contributed by atoms with Crippen LogP contribution < -0.4 is 10.6 Å². The van der Waals surface area contributed by atoms with Crippen LogP contribution in [0.25, 0.3) is 0 Å². The summed E-state index contributed by atoms with van der Waals surface area (Å²) in [5, 5.41) is 15.2. The molecule has 0 spiro atoms. The maximum absolute atomic E-state index is 8.74. The van der Waals surface area contributed by atoms with E-state index in [1.54, 1.807) is 0 Å². The molecule has 0 fully saturated rings. The lowest BCUT2D eigenvalue weighted by Gasteiger charge is -2.08. The molecule has 0 aliphatic carbocycles. The lowest BCUT2D eigenvalue weighted by Crippen LogP contribution is -2.23. The van der Waals surface area contributed by atoms with Gasteiger partial charge in [0.25, 0.3) is 0 Å². The van der Waals surface area contributed by atoms with Gasteiger partial charge in [0.15, 0.2) is 0 Å². The number of nitrogens with one attached hydrogen (secondary N) is 2. The molecule has 0 radical (unpaired) electrons. The molecule has 30 heavy (non-hydrogen) atoms. The Kier molecular flexibility index (Phi) is 17.5. The van der Waals surface area contributed by atoms with Crippen LogP contribution in [-0.2, 0) is 20.8 Å². The molecule has 0 amide bonds. The summed E-state index contributed by atoms with van der Waals surface area (Å²) in [6.45, 7) is 7.85. The zero-order valence-electron chi connectivity index (χ0n) is 16.4. The monoisotopic (exact) mass is 482 g/mol. The maximum atomic E-state index is 8.74. The normalized spacial score (nSPS) is 17.3. The van der Waals surface area contributed by atoms with E-state index < -0.39 is 20.8 Å². The Morgan fingerprint density at radius 2 is 1.07 bits per heavy atom. The number of hydrogen-bond donors (Lipinski definition) is 6. The topological polar surface area (TPSA) is 286 Å². The van der Waals surface area contributed by atoms with Crippen molar-refractivity contribution < 1.29 is 46.0 Å². The Hall–Kier alpha value is -1.80. The molecule has 2 unspecified atom stereocenters. The van der Waals surface area contributed by atoms with Gasteiger partial charge in [0.05, 0.1) is 36.8 Å². The van der Waals surface area contributed by atoms with Crippen molar-refractivity contribution in [1.29, 1.82) is 0 Å². The first kappa shape index (κ1) is 32.9. The van der Waals surface area contributed by atoms with Gasteiger partial charge in [0, 0.05) is 25.9 Å². The minimum absolute atomic E-state index is 0. The van der Waals surface area contributed by atoms with Gasteiger partial charge in [0.2, 0.25) is 0 Å². The first-order valence-electron chi connectivity index (χ1n) is 8.08. The van der Waals surface area contributed by atoms with Crippen LogP contribution in [0.5, 0.6) is 0 Å². The van der Waals surface area contributed by atoms with Gasteiger partial charge in [-0.05, 0) is 13.8 Å². The van der Waals surface area contributed by atoms with Gasteiger partial charge in [-0.25, -0.2) is 0 Å². The van der Waals surface area contributed by atoms with Gasteiger partial charge in [-0.3, -0.25) is 28.2 Å². The first-order chi connectivity index (χ1) is 12.7. The van der Waals surface area contributed by atoms with Crippen LogP contribution in [0.2, 0.25) is 0 Å². The third-order valence-corrected chi connectivity index (χ3v) is 2.93. The van der Waals surface area contributed by atoms with E-state index in [1.807, 2.05) is 0 Å². The van der Waals surface area contributed by atoms with Crippen LogP contribution >= 0.6 is 0 Å². The SMILES string of the molecule is CC(CC1=NCCN1)N=NC(C)CC1=NCCN1.O.O.O=S(=O)(O)O.O=S(=O)(O)O. The molecule has 18 heteroatoms. The van der Waals surface area contributed by atoms with Crippen LogP contribution in [0, 0.1) is 0 Å². The molecule has 0 saturated heterocycles. The van der Waals surface area contributed by atoms with E-state index in [4.69, 9.17) is 35.0 Å². The maximum Gasteiger partial charge on any atom is 0.394 e. The summed E-state index contributed by atoms with van der Waals surface area (Å²) >= 11 is 0. The molecule has 2 heterocycles. The molecule has 0 aromatic carbocycles. The summed E-state index contributed by atoms with van der Waals surface area (Å²) in [5.41, 5.74) is 0. The van der Waals surface area contributed by atoms with E-state index in [1.165, 1.54) is 0 Å². The fourth-order valence-corrected chi connectivity index (χ4v) is 2.04. The Bertz CT molecular complexity index is 688. The van der Waals surface area contributed by atoms with Crippen LogP contribution in [0.15, 0.2) is 20.2 Å². The van der Waals surface area contributed by atoms with Crippen LogP contribution in [0.3, 0.4) is 0 Å². The second kappa shape index (κ2) is 16.0. The third-order valence-electron chi connectivity index (χ3n) is 2.93. The van der Waals surface area contributed by atoms with E-state index >= 15 is 0 Å². The zero-order chi connectivity index (χ0) is 21.8. The quantitative estimate of drug-likeness (QED) is 0.179. The van der Waals surface area contributed by atoms with Crippen molar-refractivity contribution in [3.05, 3.63) is 0 Å². The average molecular weight is 483 g/mol. The Balaban J connectivity index is -0.000000514. The average Bonchev–Trinajstić information content (AvgIpc) is 3.15. The fraction of sp³-hybridized carbons (Fsp3) is 0.833. The summed E-state index contributed by atoms with van der Waals surface area (Å²) in [7, 11) is -9.33. The molecule has 2 aliphatic rings. The van der Waals surface area contributed by atoms with Gasteiger partial charge < -0.3 is 21.6 Å². The number of nitrogens with zero attached hydrogens (tertiary/aromatic N) is 4.